The van der Waals surface area contributed by atoms with Crippen molar-refractivity contribution in [2.24, 2.45) is 5.73 Å². The van der Waals surface area contributed by atoms with Crippen LogP contribution in [0.4, 0.5) is 0 Å². The molecule has 3 N–H and O–H groups in total. The molecule has 1 atom stereocenters. The lowest BCUT2D eigenvalue weighted by Gasteiger charge is -2.16. The molecule has 0 aromatic carbocycles. The van der Waals surface area contributed by atoms with Crippen molar-refractivity contribution < 1.29 is 4.74 Å². The largest absolute Gasteiger partial charge is 0.493 e. The Labute approximate surface area is 99.8 Å². The molecule has 0 bridgehead atoms. The van der Waals surface area contributed by atoms with Crippen LogP contribution in [0.1, 0.15) is 37.4 Å². The maximum Gasteiger partial charge on any atom is 0.162 e. The van der Waals surface area contributed by atoms with E-state index in [2.05, 4.69) is 15.1 Å². The third-order valence-electron chi connectivity index (χ3n) is 2.62. The highest BCUT2D eigenvalue weighted by Crippen LogP contribution is 2.28. The molecular weight excluding hydrogens is 218 g/mol. The average molecular weight is 235 g/mol. The van der Waals surface area contributed by atoms with Crippen molar-refractivity contribution in [3.8, 4) is 5.75 Å². The van der Waals surface area contributed by atoms with Gasteiger partial charge in [0.05, 0.1) is 13.3 Å². The van der Waals surface area contributed by atoms with Crippen molar-refractivity contribution in [3.63, 3.8) is 0 Å². The molecule has 2 aromatic heterocycles. The molecule has 0 fully saturated rings. The molecule has 2 heterocycles. The van der Waals surface area contributed by atoms with Crippen LogP contribution in [0, 0.1) is 0 Å². The molecule has 6 nitrogen and oxygen atoms in total. The van der Waals surface area contributed by atoms with E-state index in [1.807, 2.05) is 18.5 Å². The van der Waals surface area contributed by atoms with Crippen LogP contribution in [-0.4, -0.2) is 26.9 Å². The highest BCUT2D eigenvalue weighted by atomic mass is 16.5. The second-order valence-electron chi connectivity index (χ2n) is 4.09. The summed E-state index contributed by atoms with van der Waals surface area (Å²) in [6.45, 7) is 4.09. The number of aromatic nitrogens is 4. The topological polar surface area (TPSA) is 81.8 Å². The van der Waals surface area contributed by atoms with E-state index >= 15 is 0 Å². The molecule has 17 heavy (non-hydrogen) atoms. The molecule has 0 saturated heterocycles. The summed E-state index contributed by atoms with van der Waals surface area (Å²) in [6, 6.07) is -0.153. The van der Waals surface area contributed by atoms with Crippen molar-refractivity contribution in [1.82, 2.24) is 19.7 Å². The van der Waals surface area contributed by atoms with Gasteiger partial charge in [-0.05, 0) is 13.8 Å². The minimum absolute atomic E-state index is 0.218. The quantitative estimate of drug-likeness (QED) is 0.835. The van der Waals surface area contributed by atoms with Crippen LogP contribution in [0.2, 0.25) is 0 Å². The molecule has 6 heteroatoms. The van der Waals surface area contributed by atoms with Gasteiger partial charge in [-0.2, -0.15) is 5.10 Å². The Balaban J connectivity index is 2.45. The Morgan fingerprint density at radius 3 is 2.76 bits per heavy atom. The Morgan fingerprint density at radius 1 is 1.47 bits per heavy atom. The van der Waals surface area contributed by atoms with Gasteiger partial charge < -0.3 is 15.5 Å². The Bertz CT molecular complexity index is 474. The zero-order chi connectivity index (χ0) is 12.4. The second-order valence-corrected chi connectivity index (χ2v) is 4.09. The number of imidazole rings is 1. The number of rotatable bonds is 4. The molecule has 0 aliphatic carbocycles. The van der Waals surface area contributed by atoms with Gasteiger partial charge in [-0.25, -0.2) is 4.98 Å². The molecule has 0 spiro atoms. The van der Waals surface area contributed by atoms with E-state index in [9.17, 15) is 0 Å². The Hall–Kier alpha value is -1.82. The summed E-state index contributed by atoms with van der Waals surface area (Å²) >= 11 is 0. The van der Waals surface area contributed by atoms with E-state index < -0.39 is 0 Å². The van der Waals surface area contributed by atoms with Crippen LogP contribution >= 0.6 is 0 Å². The molecule has 0 radical (unpaired) electrons. The second kappa shape index (κ2) is 4.58. The summed E-state index contributed by atoms with van der Waals surface area (Å²) in [7, 11) is 1.61. The normalized spacial score (nSPS) is 13.0. The number of aromatic amines is 1. The molecule has 0 aliphatic rings. The summed E-state index contributed by atoms with van der Waals surface area (Å²) < 4.78 is 7.14. The molecule has 0 aliphatic heterocycles. The van der Waals surface area contributed by atoms with E-state index in [4.69, 9.17) is 10.5 Å². The van der Waals surface area contributed by atoms with Gasteiger partial charge in [0.15, 0.2) is 5.75 Å². The van der Waals surface area contributed by atoms with Gasteiger partial charge >= 0.3 is 0 Å². The minimum atomic E-state index is -0.371. The zero-order valence-electron chi connectivity index (χ0n) is 10.2. The van der Waals surface area contributed by atoms with Gasteiger partial charge in [-0.3, -0.25) is 4.68 Å². The summed E-state index contributed by atoms with van der Waals surface area (Å²) in [6.07, 6.45) is 5.10. The highest BCUT2D eigenvalue weighted by Gasteiger charge is 2.23. The van der Waals surface area contributed by atoms with Gasteiger partial charge in [-0.1, -0.05) is 0 Å². The number of nitrogens with one attached hydrogen (secondary N) is 1. The van der Waals surface area contributed by atoms with Crippen LogP contribution in [0.15, 0.2) is 18.6 Å². The highest BCUT2D eigenvalue weighted by molar-refractivity contribution is 5.32. The van der Waals surface area contributed by atoms with E-state index in [-0.39, 0.29) is 12.1 Å². The first-order chi connectivity index (χ1) is 8.15. The van der Waals surface area contributed by atoms with Crippen LogP contribution in [0.5, 0.6) is 5.75 Å². The smallest absolute Gasteiger partial charge is 0.162 e. The van der Waals surface area contributed by atoms with Gasteiger partial charge in [-0.15, -0.1) is 0 Å². The average Bonchev–Trinajstić information content (AvgIpc) is 2.96. The number of nitrogens with zero attached hydrogens (tertiary/aromatic N) is 3. The van der Waals surface area contributed by atoms with Gasteiger partial charge in [0.2, 0.25) is 0 Å². The first-order valence-electron chi connectivity index (χ1n) is 5.51. The Kier molecular flexibility index (Phi) is 3.14. The van der Waals surface area contributed by atoms with E-state index in [0.29, 0.717) is 11.6 Å². The van der Waals surface area contributed by atoms with Crippen molar-refractivity contribution in [3.05, 3.63) is 30.1 Å². The van der Waals surface area contributed by atoms with Crippen LogP contribution in [-0.2, 0) is 0 Å². The van der Waals surface area contributed by atoms with Crippen molar-refractivity contribution in [2.45, 2.75) is 25.9 Å². The standard InChI is InChI=1S/C11H17N5O/c1-7(2)16-10(8(17-3)6-15-16)9(12)11-13-4-5-14-11/h4-7,9H,12H2,1-3H3,(H,13,14). The number of methoxy groups -OCH3 is 1. The fraction of sp³-hybridized carbons (Fsp3) is 0.455. The predicted molar refractivity (Wildman–Crippen MR) is 63.8 cm³/mol. The lowest BCUT2D eigenvalue weighted by atomic mass is 10.2. The number of hydrogen-bond acceptors (Lipinski definition) is 4. The SMILES string of the molecule is COc1cnn(C(C)C)c1C(N)c1ncc[nH]1. The number of nitrogens with two attached hydrogens (primary N) is 1. The first-order valence-corrected chi connectivity index (χ1v) is 5.51. The third kappa shape index (κ3) is 2.03. The van der Waals surface area contributed by atoms with Crippen LogP contribution in [0.3, 0.4) is 0 Å². The van der Waals surface area contributed by atoms with Crippen molar-refractivity contribution in [1.29, 1.82) is 0 Å². The fourth-order valence-electron chi connectivity index (χ4n) is 1.80. The van der Waals surface area contributed by atoms with Gasteiger partial charge in [0.1, 0.15) is 17.6 Å². The first kappa shape index (κ1) is 11.7. The van der Waals surface area contributed by atoms with Crippen molar-refractivity contribution >= 4 is 0 Å². The number of H-pyrrole nitrogens is 1. The van der Waals surface area contributed by atoms with Crippen molar-refractivity contribution in [2.75, 3.05) is 7.11 Å². The minimum Gasteiger partial charge on any atom is -0.493 e. The molecule has 2 aromatic rings. The fourth-order valence-corrected chi connectivity index (χ4v) is 1.80. The summed E-state index contributed by atoms with van der Waals surface area (Å²) in [5.74, 6) is 1.38. The van der Waals surface area contributed by atoms with Crippen LogP contribution in [0.25, 0.3) is 0 Å². The van der Waals surface area contributed by atoms with E-state index in [1.165, 1.54) is 0 Å². The monoisotopic (exact) mass is 235 g/mol. The predicted octanol–water partition coefficient (Wildman–Crippen LogP) is 1.24. The lowest BCUT2D eigenvalue weighted by Crippen LogP contribution is -2.20. The molecule has 2 rings (SSSR count). The summed E-state index contributed by atoms with van der Waals surface area (Å²) in [4.78, 5) is 7.18. The molecule has 0 saturated carbocycles. The zero-order valence-corrected chi connectivity index (χ0v) is 10.2. The lowest BCUT2D eigenvalue weighted by molar-refractivity contribution is 0.400. The molecule has 1 unspecified atom stereocenters. The maximum absolute atomic E-state index is 6.19. The van der Waals surface area contributed by atoms with Crippen LogP contribution < -0.4 is 10.5 Å². The van der Waals surface area contributed by atoms with E-state index in [0.717, 1.165) is 5.69 Å². The summed E-state index contributed by atoms with van der Waals surface area (Å²) in [5.41, 5.74) is 7.02. The third-order valence-corrected chi connectivity index (χ3v) is 2.62. The molecule has 92 valence electrons. The number of ether oxygens (including phenoxy) is 1. The van der Waals surface area contributed by atoms with E-state index in [1.54, 1.807) is 25.7 Å². The van der Waals surface area contributed by atoms with Gasteiger partial charge in [0.25, 0.3) is 0 Å². The Morgan fingerprint density at radius 2 is 2.24 bits per heavy atom. The molecule has 0 amide bonds. The number of hydrogen-bond donors (Lipinski definition) is 2. The molecular formula is C11H17N5O. The summed E-state index contributed by atoms with van der Waals surface area (Å²) in [5, 5.41) is 4.29. The maximum atomic E-state index is 6.19. The van der Waals surface area contributed by atoms with Gasteiger partial charge in [0, 0.05) is 18.4 Å².